The third-order valence-corrected chi connectivity index (χ3v) is 3.20. The highest BCUT2D eigenvalue weighted by molar-refractivity contribution is 7.98. The molecule has 2 aromatic rings. The molecular weight excluding hydrogens is 192 g/mol. The highest BCUT2D eigenvalue weighted by Gasteiger charge is 2.00. The second-order valence-electron chi connectivity index (χ2n) is 2.07. The van der Waals surface area contributed by atoms with E-state index in [0.29, 0.717) is 5.22 Å². The normalized spacial score (nSPS) is 10.3. The summed E-state index contributed by atoms with van der Waals surface area (Å²) in [5.41, 5.74) is 0. The van der Waals surface area contributed by atoms with E-state index in [2.05, 4.69) is 21.6 Å². The number of thioether (sulfide) groups is 1. The van der Waals surface area contributed by atoms with Crippen molar-refractivity contribution in [2.24, 2.45) is 0 Å². The number of aromatic nitrogens is 2. The fourth-order valence-electron chi connectivity index (χ4n) is 0.753. The predicted octanol–water partition coefficient (Wildman–Crippen LogP) is 2.42. The lowest BCUT2D eigenvalue weighted by Gasteiger charge is -1.90. The maximum absolute atomic E-state index is 4.98. The van der Waals surface area contributed by atoms with Crippen LogP contribution in [0.25, 0.3) is 0 Å². The van der Waals surface area contributed by atoms with Crippen LogP contribution in [0.4, 0.5) is 0 Å². The van der Waals surface area contributed by atoms with Crippen LogP contribution in [-0.4, -0.2) is 10.2 Å². The molecule has 2 rings (SSSR count). The zero-order chi connectivity index (χ0) is 8.23. The van der Waals surface area contributed by atoms with Crippen molar-refractivity contribution >= 4 is 23.1 Å². The zero-order valence-electron chi connectivity index (χ0n) is 6.14. The molecule has 0 atom stereocenters. The Morgan fingerprint density at radius 3 is 3.25 bits per heavy atom. The van der Waals surface area contributed by atoms with Gasteiger partial charge in [0.15, 0.2) is 0 Å². The fraction of sp³-hybridized carbons (Fsp3) is 0.143. The van der Waals surface area contributed by atoms with Crippen LogP contribution < -0.4 is 0 Å². The third-order valence-electron chi connectivity index (χ3n) is 1.26. The average Bonchev–Trinajstić information content (AvgIpc) is 2.74. The van der Waals surface area contributed by atoms with Crippen molar-refractivity contribution in [2.75, 3.05) is 0 Å². The van der Waals surface area contributed by atoms with E-state index in [1.165, 1.54) is 11.3 Å². The Labute approximate surface area is 77.8 Å². The topological polar surface area (TPSA) is 38.9 Å². The van der Waals surface area contributed by atoms with E-state index in [-0.39, 0.29) is 0 Å². The fourth-order valence-corrected chi connectivity index (χ4v) is 2.27. The van der Waals surface area contributed by atoms with Crippen LogP contribution in [0.5, 0.6) is 0 Å². The Hall–Kier alpha value is -0.810. The maximum atomic E-state index is 4.98. The summed E-state index contributed by atoms with van der Waals surface area (Å²) in [7, 11) is 0. The van der Waals surface area contributed by atoms with Gasteiger partial charge in [-0.2, -0.15) is 0 Å². The quantitative estimate of drug-likeness (QED) is 0.710. The van der Waals surface area contributed by atoms with Crippen LogP contribution in [0, 0.1) is 0 Å². The first-order valence-corrected chi connectivity index (χ1v) is 5.23. The van der Waals surface area contributed by atoms with Crippen molar-refractivity contribution in [1.82, 2.24) is 10.2 Å². The second-order valence-corrected chi connectivity index (χ2v) is 4.03. The number of nitrogens with zero attached hydrogens (tertiary/aromatic N) is 2. The van der Waals surface area contributed by atoms with Gasteiger partial charge >= 0.3 is 0 Å². The summed E-state index contributed by atoms with van der Waals surface area (Å²) >= 11 is 3.29. The second kappa shape index (κ2) is 3.73. The minimum Gasteiger partial charge on any atom is -0.419 e. The van der Waals surface area contributed by atoms with Crippen LogP contribution in [0.3, 0.4) is 0 Å². The van der Waals surface area contributed by atoms with Gasteiger partial charge in [-0.1, -0.05) is 17.8 Å². The molecule has 0 unspecified atom stereocenters. The third kappa shape index (κ3) is 1.86. The van der Waals surface area contributed by atoms with Gasteiger partial charge in [0.05, 0.1) is 0 Å². The molecule has 0 aliphatic carbocycles. The van der Waals surface area contributed by atoms with Crippen LogP contribution in [0.2, 0.25) is 0 Å². The zero-order valence-corrected chi connectivity index (χ0v) is 7.77. The molecule has 0 saturated heterocycles. The van der Waals surface area contributed by atoms with E-state index in [1.807, 2.05) is 6.07 Å². The van der Waals surface area contributed by atoms with E-state index in [4.69, 9.17) is 4.42 Å². The maximum Gasteiger partial charge on any atom is 0.276 e. The number of rotatable bonds is 3. The first-order chi connectivity index (χ1) is 5.95. The Morgan fingerprint density at radius 2 is 2.58 bits per heavy atom. The lowest BCUT2D eigenvalue weighted by atomic mass is 10.5. The summed E-state index contributed by atoms with van der Waals surface area (Å²) in [5.74, 6) is 0.903. The summed E-state index contributed by atoms with van der Waals surface area (Å²) in [6.07, 6.45) is 1.34. The number of hydrogen-bond donors (Lipinski definition) is 0. The Morgan fingerprint density at radius 1 is 1.58 bits per heavy atom. The predicted molar refractivity (Wildman–Crippen MR) is 48.2 cm³/mol. The largest absolute Gasteiger partial charge is 0.419 e. The van der Waals surface area contributed by atoms with Gasteiger partial charge in [0, 0.05) is 10.6 Å². The van der Waals surface area contributed by atoms with Gasteiger partial charge in [-0.05, 0) is 11.4 Å². The molecule has 0 fully saturated rings. The molecule has 0 spiro atoms. The smallest absolute Gasteiger partial charge is 0.276 e. The van der Waals surface area contributed by atoms with Gasteiger partial charge in [-0.25, -0.2) is 0 Å². The number of hydrogen-bond acceptors (Lipinski definition) is 5. The van der Waals surface area contributed by atoms with Gasteiger partial charge in [0.1, 0.15) is 0 Å². The van der Waals surface area contributed by atoms with E-state index < -0.39 is 0 Å². The molecule has 12 heavy (non-hydrogen) atoms. The van der Waals surface area contributed by atoms with Gasteiger partial charge in [-0.3, -0.25) is 0 Å². The highest BCUT2D eigenvalue weighted by Crippen LogP contribution is 2.22. The van der Waals surface area contributed by atoms with Gasteiger partial charge in [0.25, 0.3) is 5.22 Å². The number of thiophene rings is 1. The molecule has 0 aliphatic heterocycles. The van der Waals surface area contributed by atoms with Crippen molar-refractivity contribution in [3.63, 3.8) is 0 Å². The van der Waals surface area contributed by atoms with E-state index in [9.17, 15) is 0 Å². The summed E-state index contributed by atoms with van der Waals surface area (Å²) in [6, 6.07) is 4.13. The molecular formula is C7H6N2OS2. The molecule has 0 radical (unpaired) electrons. The molecule has 2 aromatic heterocycles. The summed E-state index contributed by atoms with van der Waals surface area (Å²) in [6.45, 7) is 0. The molecule has 0 aromatic carbocycles. The molecule has 62 valence electrons. The standard InChI is InChI=1S/C7H6N2OS2/c1-2-6(11-3-1)4-12-7-9-8-5-10-7/h1-3,5H,4H2. The Balaban J connectivity index is 1.91. The van der Waals surface area contributed by atoms with Crippen molar-refractivity contribution in [3.8, 4) is 0 Å². The van der Waals surface area contributed by atoms with Gasteiger partial charge in [0.2, 0.25) is 6.39 Å². The molecule has 5 heteroatoms. The molecule has 2 heterocycles. The van der Waals surface area contributed by atoms with Crippen molar-refractivity contribution in [1.29, 1.82) is 0 Å². The molecule has 0 saturated carbocycles. The average molecular weight is 198 g/mol. The van der Waals surface area contributed by atoms with E-state index >= 15 is 0 Å². The van der Waals surface area contributed by atoms with E-state index in [0.717, 1.165) is 5.75 Å². The Bertz CT molecular complexity index is 283. The lowest BCUT2D eigenvalue weighted by Crippen LogP contribution is -1.74. The molecule has 0 aliphatic rings. The molecule has 0 bridgehead atoms. The summed E-state index contributed by atoms with van der Waals surface area (Å²) in [4.78, 5) is 1.32. The van der Waals surface area contributed by atoms with Crippen LogP contribution in [0.1, 0.15) is 4.88 Å². The molecule has 0 N–H and O–H groups in total. The first-order valence-electron chi connectivity index (χ1n) is 3.36. The van der Waals surface area contributed by atoms with Gasteiger partial charge < -0.3 is 4.42 Å². The highest BCUT2D eigenvalue weighted by atomic mass is 32.2. The summed E-state index contributed by atoms with van der Waals surface area (Å²) < 4.78 is 4.98. The minimum absolute atomic E-state index is 0.628. The van der Waals surface area contributed by atoms with Gasteiger partial charge in [-0.15, -0.1) is 21.5 Å². The first kappa shape index (κ1) is 7.82. The van der Waals surface area contributed by atoms with Crippen LogP contribution in [-0.2, 0) is 5.75 Å². The van der Waals surface area contributed by atoms with E-state index in [1.54, 1.807) is 23.1 Å². The molecule has 3 nitrogen and oxygen atoms in total. The van der Waals surface area contributed by atoms with Crippen molar-refractivity contribution < 1.29 is 4.42 Å². The SMILES string of the molecule is c1csc(CSc2nnco2)c1. The van der Waals surface area contributed by atoms with Crippen LogP contribution in [0.15, 0.2) is 33.5 Å². The lowest BCUT2D eigenvalue weighted by molar-refractivity contribution is 0.453. The minimum atomic E-state index is 0.628. The van der Waals surface area contributed by atoms with Crippen molar-refractivity contribution in [3.05, 3.63) is 28.8 Å². The monoisotopic (exact) mass is 198 g/mol. The van der Waals surface area contributed by atoms with Crippen LogP contribution >= 0.6 is 23.1 Å². The van der Waals surface area contributed by atoms with Crippen molar-refractivity contribution in [2.45, 2.75) is 11.0 Å². The summed E-state index contributed by atoms with van der Waals surface area (Å²) in [5, 5.41) is 10.0. The Kier molecular flexibility index (Phi) is 2.43. The molecule has 0 amide bonds.